The molecule has 0 saturated carbocycles. The Morgan fingerprint density at radius 1 is 1.60 bits per heavy atom. The van der Waals surface area contributed by atoms with Gasteiger partial charge in [0.15, 0.2) is 0 Å². The van der Waals surface area contributed by atoms with Crippen LogP contribution in [0.25, 0.3) is 0 Å². The molecule has 0 amide bonds. The molecule has 1 heterocycles. The van der Waals surface area contributed by atoms with Crippen molar-refractivity contribution in [3.05, 3.63) is 23.5 Å². The highest BCUT2D eigenvalue weighted by atomic mass is 16.4. The second-order valence-electron chi connectivity index (χ2n) is 3.05. The van der Waals surface area contributed by atoms with Crippen molar-refractivity contribution < 1.29 is 9.90 Å². The Hall–Kier alpha value is -1.91. The summed E-state index contributed by atoms with van der Waals surface area (Å²) in [6.07, 6.45) is 4.54. The standard InChI is InChI=1S/C10H13N3O2/c1-4-12-13(3)9-7(2)5-11-6-8(9)10(14)15/h4-6H,1-3H3,(H,14,15). The van der Waals surface area contributed by atoms with Crippen LogP contribution in [0, 0.1) is 6.92 Å². The molecule has 0 bridgehead atoms. The Morgan fingerprint density at radius 3 is 2.80 bits per heavy atom. The zero-order valence-electron chi connectivity index (χ0n) is 8.93. The van der Waals surface area contributed by atoms with Crippen molar-refractivity contribution in [2.45, 2.75) is 13.8 Å². The van der Waals surface area contributed by atoms with Gasteiger partial charge in [0.05, 0.1) is 5.69 Å². The molecule has 0 aliphatic rings. The molecule has 5 nitrogen and oxygen atoms in total. The van der Waals surface area contributed by atoms with Crippen LogP contribution in [0.3, 0.4) is 0 Å². The number of pyridine rings is 1. The molecule has 0 unspecified atom stereocenters. The van der Waals surface area contributed by atoms with E-state index in [1.54, 1.807) is 33.3 Å². The van der Waals surface area contributed by atoms with E-state index in [1.165, 1.54) is 11.2 Å². The van der Waals surface area contributed by atoms with Gasteiger partial charge in [0.2, 0.25) is 0 Å². The van der Waals surface area contributed by atoms with Gasteiger partial charge in [-0.25, -0.2) is 4.79 Å². The third-order valence-electron chi connectivity index (χ3n) is 1.94. The molecular formula is C10H13N3O2. The van der Waals surface area contributed by atoms with Crippen molar-refractivity contribution in [3.63, 3.8) is 0 Å². The van der Waals surface area contributed by atoms with Crippen LogP contribution in [-0.4, -0.2) is 29.3 Å². The van der Waals surface area contributed by atoms with Crippen molar-refractivity contribution in [1.82, 2.24) is 4.98 Å². The average Bonchev–Trinajstić information content (AvgIpc) is 2.17. The van der Waals surface area contributed by atoms with Crippen LogP contribution in [0.1, 0.15) is 22.8 Å². The van der Waals surface area contributed by atoms with Gasteiger partial charge in [-0.3, -0.25) is 9.99 Å². The summed E-state index contributed by atoms with van der Waals surface area (Å²) < 4.78 is 0. The molecule has 1 rings (SSSR count). The molecule has 80 valence electrons. The quantitative estimate of drug-likeness (QED) is 0.603. The Labute approximate surface area is 88.1 Å². The number of nitrogens with zero attached hydrogens (tertiary/aromatic N) is 3. The van der Waals surface area contributed by atoms with E-state index in [0.29, 0.717) is 5.69 Å². The largest absolute Gasteiger partial charge is 0.478 e. The van der Waals surface area contributed by atoms with Crippen molar-refractivity contribution in [2.24, 2.45) is 5.10 Å². The summed E-state index contributed by atoms with van der Waals surface area (Å²) in [6, 6.07) is 0. The van der Waals surface area contributed by atoms with E-state index in [1.807, 2.05) is 0 Å². The van der Waals surface area contributed by atoms with Crippen LogP contribution in [0.15, 0.2) is 17.5 Å². The van der Waals surface area contributed by atoms with Gasteiger partial charge in [0.1, 0.15) is 5.56 Å². The number of carboxylic acids is 1. The minimum Gasteiger partial charge on any atom is -0.478 e. The monoisotopic (exact) mass is 207 g/mol. The van der Waals surface area contributed by atoms with Crippen LogP contribution in [0.5, 0.6) is 0 Å². The number of carboxylic acid groups (broad SMARTS) is 1. The number of hydrazone groups is 1. The number of carbonyl (C=O) groups is 1. The third kappa shape index (κ3) is 2.31. The van der Waals surface area contributed by atoms with Crippen LogP contribution in [-0.2, 0) is 0 Å². The zero-order chi connectivity index (χ0) is 11.4. The molecule has 0 aromatic carbocycles. The van der Waals surface area contributed by atoms with Crippen molar-refractivity contribution in [2.75, 3.05) is 12.1 Å². The van der Waals surface area contributed by atoms with E-state index in [2.05, 4.69) is 10.1 Å². The first-order valence-electron chi connectivity index (χ1n) is 4.48. The van der Waals surface area contributed by atoms with Crippen LogP contribution in [0.2, 0.25) is 0 Å². The number of rotatable bonds is 3. The first-order chi connectivity index (χ1) is 7.07. The fourth-order valence-electron chi connectivity index (χ4n) is 1.38. The number of aryl methyl sites for hydroxylation is 1. The minimum atomic E-state index is -1.00. The Bertz CT molecular complexity index is 402. The zero-order valence-corrected chi connectivity index (χ0v) is 8.93. The first-order valence-corrected chi connectivity index (χ1v) is 4.48. The summed E-state index contributed by atoms with van der Waals surface area (Å²) in [5.41, 5.74) is 1.50. The smallest absolute Gasteiger partial charge is 0.339 e. The first kappa shape index (κ1) is 11.2. The Balaban J connectivity index is 3.30. The minimum absolute atomic E-state index is 0.156. The lowest BCUT2D eigenvalue weighted by Crippen LogP contribution is -2.15. The molecule has 0 fully saturated rings. The van der Waals surface area contributed by atoms with Crippen molar-refractivity contribution in [1.29, 1.82) is 0 Å². The molecule has 0 radical (unpaired) electrons. The third-order valence-corrected chi connectivity index (χ3v) is 1.94. The van der Waals surface area contributed by atoms with E-state index in [4.69, 9.17) is 5.11 Å². The van der Waals surface area contributed by atoms with Gasteiger partial charge in [-0.05, 0) is 19.4 Å². The Morgan fingerprint density at radius 2 is 2.27 bits per heavy atom. The molecule has 1 aromatic rings. The van der Waals surface area contributed by atoms with Gasteiger partial charge >= 0.3 is 5.97 Å². The van der Waals surface area contributed by atoms with Crippen LogP contribution in [0.4, 0.5) is 5.69 Å². The van der Waals surface area contributed by atoms with E-state index >= 15 is 0 Å². The number of hydrogen-bond donors (Lipinski definition) is 1. The van der Waals surface area contributed by atoms with Gasteiger partial charge in [-0.2, -0.15) is 5.10 Å². The highest BCUT2D eigenvalue weighted by Crippen LogP contribution is 2.23. The van der Waals surface area contributed by atoms with E-state index in [-0.39, 0.29) is 5.56 Å². The molecule has 0 atom stereocenters. The predicted molar refractivity (Wildman–Crippen MR) is 58.5 cm³/mol. The number of aromatic carboxylic acids is 1. The number of anilines is 1. The summed E-state index contributed by atoms with van der Waals surface area (Å²) in [6.45, 7) is 3.57. The van der Waals surface area contributed by atoms with Gasteiger partial charge in [-0.15, -0.1) is 0 Å². The molecule has 1 N–H and O–H groups in total. The topological polar surface area (TPSA) is 65.8 Å². The summed E-state index contributed by atoms with van der Waals surface area (Å²) >= 11 is 0. The number of aromatic nitrogens is 1. The normalized spacial score (nSPS) is 10.6. The van der Waals surface area contributed by atoms with Crippen LogP contribution >= 0.6 is 0 Å². The van der Waals surface area contributed by atoms with Crippen molar-refractivity contribution >= 4 is 17.9 Å². The average molecular weight is 207 g/mol. The molecule has 15 heavy (non-hydrogen) atoms. The second kappa shape index (κ2) is 4.54. The second-order valence-corrected chi connectivity index (χ2v) is 3.05. The fraction of sp³-hybridized carbons (Fsp3) is 0.300. The van der Waals surface area contributed by atoms with E-state index in [0.717, 1.165) is 5.56 Å². The summed E-state index contributed by atoms with van der Waals surface area (Å²) in [7, 11) is 1.70. The van der Waals surface area contributed by atoms with Crippen molar-refractivity contribution in [3.8, 4) is 0 Å². The van der Waals surface area contributed by atoms with Gasteiger partial charge in [0, 0.05) is 25.7 Å². The van der Waals surface area contributed by atoms with Gasteiger partial charge in [0.25, 0.3) is 0 Å². The fourth-order valence-corrected chi connectivity index (χ4v) is 1.38. The maximum Gasteiger partial charge on any atom is 0.339 e. The summed E-state index contributed by atoms with van der Waals surface area (Å²) in [4.78, 5) is 14.8. The molecule has 0 aliphatic heterocycles. The SMILES string of the molecule is CC=NN(C)c1c(C)cncc1C(=O)O. The highest BCUT2D eigenvalue weighted by Gasteiger charge is 2.15. The van der Waals surface area contributed by atoms with E-state index < -0.39 is 5.97 Å². The summed E-state index contributed by atoms with van der Waals surface area (Å²) in [5.74, 6) is -1.00. The molecule has 0 aliphatic carbocycles. The van der Waals surface area contributed by atoms with Gasteiger partial charge in [-0.1, -0.05) is 0 Å². The maximum atomic E-state index is 11.0. The highest BCUT2D eigenvalue weighted by molar-refractivity contribution is 5.94. The maximum absolute atomic E-state index is 11.0. The lowest BCUT2D eigenvalue weighted by Gasteiger charge is -2.17. The molecular weight excluding hydrogens is 194 g/mol. The predicted octanol–water partition coefficient (Wildman–Crippen LogP) is 1.53. The molecule has 5 heteroatoms. The van der Waals surface area contributed by atoms with Crippen LogP contribution < -0.4 is 5.01 Å². The molecule has 0 spiro atoms. The molecule has 1 aromatic heterocycles. The Kier molecular flexibility index (Phi) is 3.38. The number of hydrogen-bond acceptors (Lipinski definition) is 4. The van der Waals surface area contributed by atoms with E-state index in [9.17, 15) is 4.79 Å². The van der Waals surface area contributed by atoms with Gasteiger partial charge < -0.3 is 5.11 Å². The lowest BCUT2D eigenvalue weighted by atomic mass is 10.1. The summed E-state index contributed by atoms with van der Waals surface area (Å²) in [5, 5.41) is 14.5. The molecule has 0 saturated heterocycles. The lowest BCUT2D eigenvalue weighted by molar-refractivity contribution is 0.0697.